The predicted molar refractivity (Wildman–Crippen MR) is 66.5 cm³/mol. The number of carboxylic acid groups (broad SMARTS) is 1. The van der Waals surface area contributed by atoms with Crippen LogP contribution in [0.4, 0.5) is 4.79 Å². The first kappa shape index (κ1) is 13.8. The zero-order valence-corrected chi connectivity index (χ0v) is 10.7. The fourth-order valence-electron chi connectivity index (χ4n) is 2.29. The van der Waals surface area contributed by atoms with Crippen molar-refractivity contribution >= 4 is 17.9 Å². The van der Waals surface area contributed by atoms with Crippen molar-refractivity contribution in [1.82, 2.24) is 15.5 Å². The van der Waals surface area contributed by atoms with Crippen LogP contribution in [0.2, 0.25) is 0 Å². The van der Waals surface area contributed by atoms with Crippen LogP contribution in [0.5, 0.6) is 0 Å². The summed E-state index contributed by atoms with van der Waals surface area (Å²) < 4.78 is 0. The van der Waals surface area contributed by atoms with Gasteiger partial charge in [-0.25, -0.2) is 4.79 Å². The van der Waals surface area contributed by atoms with Crippen LogP contribution in [-0.2, 0) is 9.59 Å². The predicted octanol–water partition coefficient (Wildman–Crippen LogP) is -0.229. The molecule has 0 aromatic carbocycles. The molecule has 3 amide bonds. The van der Waals surface area contributed by atoms with Gasteiger partial charge in [-0.1, -0.05) is 0 Å². The summed E-state index contributed by atoms with van der Waals surface area (Å²) in [4.78, 5) is 35.4. The number of nitrogens with one attached hydrogen (secondary N) is 2. The van der Waals surface area contributed by atoms with Gasteiger partial charge in [-0.15, -0.1) is 0 Å². The molecule has 19 heavy (non-hydrogen) atoms. The molecule has 3 N–H and O–H groups in total. The number of urea groups is 1. The van der Waals surface area contributed by atoms with E-state index in [1.807, 2.05) is 4.90 Å². The quantitative estimate of drug-likeness (QED) is 0.640. The molecule has 1 atom stereocenters. The Kier molecular flexibility index (Phi) is 4.36. The van der Waals surface area contributed by atoms with E-state index in [4.69, 9.17) is 5.11 Å². The van der Waals surface area contributed by atoms with Crippen molar-refractivity contribution < 1.29 is 19.5 Å². The van der Waals surface area contributed by atoms with Crippen molar-refractivity contribution in [2.75, 3.05) is 19.6 Å². The smallest absolute Gasteiger partial charge is 0.321 e. The summed E-state index contributed by atoms with van der Waals surface area (Å²) in [7, 11) is 0. The van der Waals surface area contributed by atoms with Gasteiger partial charge in [0.1, 0.15) is 0 Å². The number of carbonyl (C=O) groups is 3. The normalized spacial score (nSPS) is 23.1. The Hall–Kier alpha value is -1.63. The molecule has 1 saturated carbocycles. The maximum absolute atomic E-state index is 11.6. The van der Waals surface area contributed by atoms with Gasteiger partial charge in [0.15, 0.2) is 0 Å². The maximum atomic E-state index is 11.6. The lowest BCUT2D eigenvalue weighted by Crippen LogP contribution is -2.44. The summed E-state index contributed by atoms with van der Waals surface area (Å²) >= 11 is 0. The molecule has 2 aliphatic rings. The van der Waals surface area contributed by atoms with Gasteiger partial charge in [0, 0.05) is 19.0 Å². The Bertz CT molecular complexity index is 381. The second-order valence-corrected chi connectivity index (χ2v) is 5.28. The molecule has 0 aromatic heterocycles. The summed E-state index contributed by atoms with van der Waals surface area (Å²) in [5, 5.41) is 13.7. The summed E-state index contributed by atoms with van der Waals surface area (Å²) in [5.74, 6) is -1.04. The number of aliphatic carboxylic acids is 1. The van der Waals surface area contributed by atoms with Gasteiger partial charge in [0.2, 0.25) is 5.91 Å². The molecule has 0 spiro atoms. The summed E-state index contributed by atoms with van der Waals surface area (Å²) in [6.45, 7) is 1.45. The number of likely N-dealkylation sites (tertiary alicyclic amines) is 1. The molecule has 7 heteroatoms. The average Bonchev–Trinajstić information content (AvgIpc) is 2.98. The van der Waals surface area contributed by atoms with E-state index < -0.39 is 12.0 Å². The van der Waals surface area contributed by atoms with Crippen LogP contribution in [0.15, 0.2) is 0 Å². The standard InChI is InChI=1S/C12H19N3O4/c16-10(14-12(19)13-9-1-2-9)7-15-4-3-8(6-15)5-11(17)18/h8-9H,1-7H2,(H,17,18)(H2,13,14,16,19). The van der Waals surface area contributed by atoms with Crippen LogP contribution in [0.3, 0.4) is 0 Å². The zero-order chi connectivity index (χ0) is 13.8. The fraction of sp³-hybridized carbons (Fsp3) is 0.750. The third-order valence-electron chi connectivity index (χ3n) is 3.37. The lowest BCUT2D eigenvalue weighted by Gasteiger charge is -2.14. The van der Waals surface area contributed by atoms with Crippen LogP contribution >= 0.6 is 0 Å². The first-order valence-electron chi connectivity index (χ1n) is 6.57. The molecule has 7 nitrogen and oxygen atoms in total. The fourth-order valence-corrected chi connectivity index (χ4v) is 2.29. The monoisotopic (exact) mass is 269 g/mol. The summed E-state index contributed by atoms with van der Waals surface area (Å²) in [5.41, 5.74) is 0. The number of nitrogens with zero attached hydrogens (tertiary/aromatic N) is 1. The van der Waals surface area contributed by atoms with E-state index in [2.05, 4.69) is 10.6 Å². The molecule has 2 fully saturated rings. The van der Waals surface area contributed by atoms with Gasteiger partial charge in [0.05, 0.1) is 6.54 Å². The topological polar surface area (TPSA) is 98.7 Å². The first-order chi connectivity index (χ1) is 9.02. The minimum Gasteiger partial charge on any atom is -0.481 e. The Labute approximate surface area is 111 Å². The second kappa shape index (κ2) is 6.01. The van der Waals surface area contributed by atoms with Gasteiger partial charge < -0.3 is 10.4 Å². The van der Waals surface area contributed by atoms with Crippen molar-refractivity contribution in [2.24, 2.45) is 5.92 Å². The number of rotatable bonds is 5. The molecule has 1 unspecified atom stereocenters. The number of hydrogen-bond donors (Lipinski definition) is 3. The van der Waals surface area contributed by atoms with Gasteiger partial charge in [-0.2, -0.15) is 0 Å². The lowest BCUT2D eigenvalue weighted by molar-refractivity contribution is -0.138. The van der Waals surface area contributed by atoms with E-state index >= 15 is 0 Å². The molecule has 1 aliphatic heterocycles. The van der Waals surface area contributed by atoms with Crippen LogP contribution < -0.4 is 10.6 Å². The van der Waals surface area contributed by atoms with Gasteiger partial charge in [-0.3, -0.25) is 19.8 Å². The van der Waals surface area contributed by atoms with E-state index in [0.717, 1.165) is 19.3 Å². The summed E-state index contributed by atoms with van der Waals surface area (Å²) in [6.07, 6.45) is 2.88. The van der Waals surface area contributed by atoms with Crippen molar-refractivity contribution in [1.29, 1.82) is 0 Å². The molecule has 1 saturated heterocycles. The SMILES string of the molecule is O=C(O)CC1CCN(CC(=O)NC(=O)NC2CC2)C1. The third kappa shape index (κ3) is 4.86. The number of carboxylic acids is 1. The maximum Gasteiger partial charge on any atom is 0.321 e. The van der Waals surface area contributed by atoms with Crippen molar-refractivity contribution in [3.05, 3.63) is 0 Å². The number of amides is 3. The van der Waals surface area contributed by atoms with E-state index in [0.29, 0.717) is 13.1 Å². The van der Waals surface area contributed by atoms with Crippen molar-refractivity contribution in [2.45, 2.75) is 31.7 Å². The highest BCUT2D eigenvalue weighted by atomic mass is 16.4. The second-order valence-electron chi connectivity index (χ2n) is 5.28. The minimum absolute atomic E-state index is 0.102. The first-order valence-corrected chi connectivity index (χ1v) is 6.57. The highest BCUT2D eigenvalue weighted by molar-refractivity contribution is 5.95. The third-order valence-corrected chi connectivity index (χ3v) is 3.37. The Morgan fingerprint density at radius 3 is 2.58 bits per heavy atom. The van der Waals surface area contributed by atoms with E-state index in [9.17, 15) is 14.4 Å². The van der Waals surface area contributed by atoms with Gasteiger partial charge >= 0.3 is 12.0 Å². The van der Waals surface area contributed by atoms with E-state index in [-0.39, 0.29) is 30.8 Å². The Morgan fingerprint density at radius 1 is 1.21 bits per heavy atom. The molecular weight excluding hydrogens is 250 g/mol. The van der Waals surface area contributed by atoms with Crippen LogP contribution in [-0.4, -0.2) is 53.6 Å². The van der Waals surface area contributed by atoms with Crippen molar-refractivity contribution in [3.8, 4) is 0 Å². The molecule has 1 aliphatic carbocycles. The van der Waals surface area contributed by atoms with E-state index in [1.165, 1.54) is 0 Å². The van der Waals surface area contributed by atoms with Crippen molar-refractivity contribution in [3.63, 3.8) is 0 Å². The molecule has 0 radical (unpaired) electrons. The number of hydrogen-bond acceptors (Lipinski definition) is 4. The average molecular weight is 269 g/mol. The highest BCUT2D eigenvalue weighted by Gasteiger charge is 2.27. The Balaban J connectivity index is 1.65. The highest BCUT2D eigenvalue weighted by Crippen LogP contribution is 2.19. The van der Waals surface area contributed by atoms with Crippen LogP contribution in [0, 0.1) is 5.92 Å². The number of carbonyl (C=O) groups excluding carboxylic acids is 2. The molecule has 0 aromatic rings. The molecule has 106 valence electrons. The summed E-state index contributed by atoms with van der Waals surface area (Å²) in [6, 6.07) is -0.215. The molecule has 1 heterocycles. The zero-order valence-electron chi connectivity index (χ0n) is 10.7. The minimum atomic E-state index is -0.805. The van der Waals surface area contributed by atoms with Gasteiger partial charge in [0.25, 0.3) is 0 Å². The van der Waals surface area contributed by atoms with Crippen LogP contribution in [0.25, 0.3) is 0 Å². The molecule has 2 rings (SSSR count). The van der Waals surface area contributed by atoms with Crippen LogP contribution in [0.1, 0.15) is 25.7 Å². The largest absolute Gasteiger partial charge is 0.481 e. The number of imide groups is 1. The lowest BCUT2D eigenvalue weighted by atomic mass is 10.1. The van der Waals surface area contributed by atoms with Gasteiger partial charge in [-0.05, 0) is 31.7 Å². The molecular formula is C12H19N3O4. The molecule has 0 bridgehead atoms. The van der Waals surface area contributed by atoms with E-state index in [1.54, 1.807) is 0 Å². The Morgan fingerprint density at radius 2 is 1.95 bits per heavy atom.